The number of phenolic OH excluding ortho intramolecular Hbond substituents is 1. The van der Waals surface area contributed by atoms with Crippen LogP contribution in [0.2, 0.25) is 0 Å². The summed E-state index contributed by atoms with van der Waals surface area (Å²) in [6.45, 7) is 0. The molecular weight excluding hydrogens is 308 g/mol. The molecule has 0 saturated carbocycles. The van der Waals surface area contributed by atoms with Gasteiger partial charge in [0, 0.05) is 20.7 Å². The molecule has 1 N–H and O–H groups in total. The number of hydrogen-bond donors (Lipinski definition) is 1. The molecule has 0 radical (unpaired) electrons. The fourth-order valence-corrected chi connectivity index (χ4v) is 2.72. The zero-order valence-corrected chi connectivity index (χ0v) is 10.9. The first kappa shape index (κ1) is 12.6. The summed E-state index contributed by atoms with van der Waals surface area (Å²) in [6, 6.07) is 2.92. The van der Waals surface area contributed by atoms with E-state index < -0.39 is 14.8 Å². The van der Waals surface area contributed by atoms with Crippen LogP contribution < -0.4 is 4.74 Å². The average molecular weight is 316 g/mol. The SMILES string of the molecule is COc1c(O)ccc(Br)c1CS(=O)(=O)Cl. The van der Waals surface area contributed by atoms with E-state index in [1.54, 1.807) is 0 Å². The van der Waals surface area contributed by atoms with Crippen LogP contribution in [-0.4, -0.2) is 20.6 Å². The molecule has 0 aliphatic rings. The van der Waals surface area contributed by atoms with Gasteiger partial charge in [-0.25, -0.2) is 8.42 Å². The third kappa shape index (κ3) is 3.25. The van der Waals surface area contributed by atoms with Crippen LogP contribution in [0, 0.1) is 0 Å². The first-order chi connectivity index (χ1) is 6.85. The highest BCUT2D eigenvalue weighted by Crippen LogP contribution is 2.36. The Bertz CT molecular complexity index is 472. The predicted molar refractivity (Wildman–Crippen MR) is 60.8 cm³/mol. The Kier molecular flexibility index (Phi) is 3.86. The molecule has 0 fully saturated rings. The zero-order valence-electron chi connectivity index (χ0n) is 7.70. The number of hydrogen-bond acceptors (Lipinski definition) is 4. The van der Waals surface area contributed by atoms with Crippen LogP contribution in [0.15, 0.2) is 16.6 Å². The fourth-order valence-electron chi connectivity index (χ4n) is 1.13. The highest BCUT2D eigenvalue weighted by molar-refractivity contribution is 9.10. The second-order valence-electron chi connectivity index (χ2n) is 2.76. The van der Waals surface area contributed by atoms with Crippen molar-refractivity contribution in [2.45, 2.75) is 5.75 Å². The van der Waals surface area contributed by atoms with Gasteiger partial charge < -0.3 is 9.84 Å². The van der Waals surface area contributed by atoms with Crippen molar-refractivity contribution in [2.75, 3.05) is 7.11 Å². The Morgan fingerprint density at radius 3 is 2.60 bits per heavy atom. The molecule has 0 aliphatic carbocycles. The van der Waals surface area contributed by atoms with Crippen molar-refractivity contribution in [2.24, 2.45) is 0 Å². The van der Waals surface area contributed by atoms with Crippen molar-refractivity contribution in [1.29, 1.82) is 0 Å². The Hall–Kier alpha value is -0.460. The number of ether oxygens (including phenoxy) is 1. The van der Waals surface area contributed by atoms with Crippen molar-refractivity contribution >= 4 is 35.7 Å². The molecule has 7 heteroatoms. The fraction of sp³-hybridized carbons (Fsp3) is 0.250. The molecule has 0 aromatic heterocycles. The number of rotatable bonds is 3. The number of phenols is 1. The molecule has 84 valence electrons. The second-order valence-corrected chi connectivity index (χ2v) is 6.39. The average Bonchev–Trinajstić information content (AvgIpc) is 2.10. The minimum atomic E-state index is -3.70. The van der Waals surface area contributed by atoms with Crippen LogP contribution >= 0.6 is 26.6 Å². The smallest absolute Gasteiger partial charge is 0.236 e. The molecule has 4 nitrogen and oxygen atoms in total. The molecule has 15 heavy (non-hydrogen) atoms. The summed E-state index contributed by atoms with van der Waals surface area (Å²) in [5.41, 5.74) is 0.299. The molecule has 1 rings (SSSR count). The highest BCUT2D eigenvalue weighted by atomic mass is 79.9. The van der Waals surface area contributed by atoms with Crippen molar-refractivity contribution in [3.63, 3.8) is 0 Å². The summed E-state index contributed by atoms with van der Waals surface area (Å²) in [5, 5.41) is 9.43. The topological polar surface area (TPSA) is 63.6 Å². The molecule has 0 atom stereocenters. The second kappa shape index (κ2) is 4.59. The third-order valence-electron chi connectivity index (χ3n) is 1.70. The molecule has 0 unspecified atom stereocenters. The lowest BCUT2D eigenvalue weighted by Crippen LogP contribution is -2.00. The Balaban J connectivity index is 3.32. The molecular formula is C8H8BrClO4S. The summed E-state index contributed by atoms with van der Waals surface area (Å²) in [5.74, 6) is -0.434. The van der Waals surface area contributed by atoms with Crippen molar-refractivity contribution in [3.8, 4) is 11.5 Å². The highest BCUT2D eigenvalue weighted by Gasteiger charge is 2.18. The molecule has 1 aromatic carbocycles. The predicted octanol–water partition coefficient (Wildman–Crippen LogP) is 2.23. The quantitative estimate of drug-likeness (QED) is 0.869. The van der Waals surface area contributed by atoms with E-state index in [4.69, 9.17) is 15.4 Å². The Morgan fingerprint density at radius 1 is 1.53 bits per heavy atom. The Morgan fingerprint density at radius 2 is 2.13 bits per heavy atom. The van der Waals surface area contributed by atoms with Crippen LogP contribution in [0.25, 0.3) is 0 Å². The third-order valence-corrected chi connectivity index (χ3v) is 3.41. The van der Waals surface area contributed by atoms with Gasteiger partial charge in [0.25, 0.3) is 0 Å². The van der Waals surface area contributed by atoms with Crippen molar-refractivity contribution < 1.29 is 18.3 Å². The van der Waals surface area contributed by atoms with Crippen LogP contribution in [0.5, 0.6) is 11.5 Å². The number of methoxy groups -OCH3 is 1. The van der Waals surface area contributed by atoms with Gasteiger partial charge in [-0.3, -0.25) is 0 Å². The molecule has 0 saturated heterocycles. The monoisotopic (exact) mass is 314 g/mol. The van der Waals surface area contributed by atoms with Crippen LogP contribution in [-0.2, 0) is 14.8 Å². The number of aromatic hydroxyl groups is 1. The largest absolute Gasteiger partial charge is 0.504 e. The summed E-state index contributed by atoms with van der Waals surface area (Å²) < 4.78 is 27.3. The molecule has 0 spiro atoms. The van der Waals surface area contributed by atoms with Gasteiger partial charge in [-0.05, 0) is 12.1 Å². The first-order valence-electron chi connectivity index (χ1n) is 3.82. The van der Waals surface area contributed by atoms with Crippen LogP contribution in [0.3, 0.4) is 0 Å². The molecule has 0 bridgehead atoms. The maximum absolute atomic E-state index is 10.9. The lowest BCUT2D eigenvalue weighted by atomic mass is 10.2. The van der Waals surface area contributed by atoms with E-state index in [2.05, 4.69) is 15.9 Å². The van der Waals surface area contributed by atoms with Gasteiger partial charge in [0.1, 0.15) is 0 Å². The van der Waals surface area contributed by atoms with E-state index >= 15 is 0 Å². The van der Waals surface area contributed by atoms with E-state index in [0.29, 0.717) is 10.0 Å². The standard InChI is InChI=1S/C8H8BrClO4S/c1-14-8-5(4-15(10,12)13)6(9)2-3-7(8)11/h2-3,11H,4H2,1H3. The minimum absolute atomic E-state index is 0.105. The molecule has 0 aliphatic heterocycles. The van der Waals surface area contributed by atoms with Gasteiger partial charge in [0.2, 0.25) is 9.05 Å². The summed E-state index contributed by atoms with van der Waals surface area (Å²) in [4.78, 5) is 0. The van der Waals surface area contributed by atoms with Crippen molar-refractivity contribution in [1.82, 2.24) is 0 Å². The lowest BCUT2D eigenvalue weighted by Gasteiger charge is -2.10. The maximum Gasteiger partial charge on any atom is 0.236 e. The van der Waals surface area contributed by atoms with E-state index in [1.165, 1.54) is 19.2 Å². The van der Waals surface area contributed by atoms with Gasteiger partial charge >= 0.3 is 0 Å². The molecule has 0 amide bonds. The van der Waals surface area contributed by atoms with E-state index in [9.17, 15) is 13.5 Å². The van der Waals surface area contributed by atoms with Gasteiger partial charge in [0.15, 0.2) is 11.5 Å². The van der Waals surface area contributed by atoms with Gasteiger partial charge in [-0.1, -0.05) is 15.9 Å². The maximum atomic E-state index is 10.9. The van der Waals surface area contributed by atoms with Crippen molar-refractivity contribution in [3.05, 3.63) is 22.2 Å². The number of halogens is 2. The lowest BCUT2D eigenvalue weighted by molar-refractivity contribution is 0.370. The minimum Gasteiger partial charge on any atom is -0.504 e. The molecule has 0 heterocycles. The van der Waals surface area contributed by atoms with Gasteiger partial charge in [-0.2, -0.15) is 0 Å². The first-order valence-corrected chi connectivity index (χ1v) is 7.09. The van der Waals surface area contributed by atoms with Gasteiger partial charge in [0.05, 0.1) is 12.9 Å². The zero-order chi connectivity index (χ0) is 11.6. The van der Waals surface area contributed by atoms with E-state index in [0.717, 1.165) is 0 Å². The summed E-state index contributed by atoms with van der Waals surface area (Å²) in [6.07, 6.45) is 0. The van der Waals surface area contributed by atoms with E-state index in [-0.39, 0.29) is 11.5 Å². The Labute approximate surface area is 100 Å². The normalized spacial score (nSPS) is 11.4. The van der Waals surface area contributed by atoms with E-state index in [1.807, 2.05) is 0 Å². The summed E-state index contributed by atoms with van der Waals surface area (Å²) >= 11 is 3.16. The summed E-state index contributed by atoms with van der Waals surface area (Å²) in [7, 11) is 2.78. The molecule has 1 aromatic rings. The number of benzene rings is 1. The van der Waals surface area contributed by atoms with Crippen LogP contribution in [0.1, 0.15) is 5.56 Å². The van der Waals surface area contributed by atoms with Crippen LogP contribution in [0.4, 0.5) is 0 Å². The van der Waals surface area contributed by atoms with Gasteiger partial charge in [-0.15, -0.1) is 0 Å².